The van der Waals surface area contributed by atoms with Gasteiger partial charge >= 0.3 is 0 Å². The Morgan fingerprint density at radius 2 is 2.00 bits per heavy atom. The first-order valence-corrected chi connectivity index (χ1v) is 9.81. The number of carbonyl (C=O) groups is 1. The van der Waals surface area contributed by atoms with Crippen molar-refractivity contribution in [2.24, 2.45) is 5.92 Å². The molecule has 0 atom stereocenters. The van der Waals surface area contributed by atoms with E-state index in [1.165, 1.54) is 0 Å². The lowest BCUT2D eigenvalue weighted by Crippen LogP contribution is -2.34. The zero-order valence-electron chi connectivity index (χ0n) is 14.0. The SMILES string of the molecule is CC(C)(O)C#Cc1cccc(C(=O)NCC2CCS(=O)(=O)CC2)c1. The molecular weight excluding hydrogens is 326 g/mol. The first-order valence-electron chi connectivity index (χ1n) is 7.99. The maximum absolute atomic E-state index is 12.2. The largest absolute Gasteiger partial charge is 0.378 e. The Hall–Kier alpha value is -1.84. The molecule has 5 nitrogen and oxygen atoms in total. The Bertz CT molecular complexity index is 752. The van der Waals surface area contributed by atoms with Crippen LogP contribution >= 0.6 is 0 Å². The molecule has 0 aromatic heterocycles. The maximum Gasteiger partial charge on any atom is 0.251 e. The lowest BCUT2D eigenvalue weighted by molar-refractivity contribution is 0.0946. The molecule has 1 amide bonds. The van der Waals surface area contributed by atoms with Gasteiger partial charge in [-0.2, -0.15) is 0 Å². The molecule has 1 aliphatic heterocycles. The monoisotopic (exact) mass is 349 g/mol. The molecule has 130 valence electrons. The molecule has 0 spiro atoms. The zero-order valence-corrected chi connectivity index (χ0v) is 14.8. The number of carbonyl (C=O) groups excluding carboxylic acids is 1. The molecule has 1 aromatic carbocycles. The Balaban J connectivity index is 1.94. The fourth-order valence-electron chi connectivity index (χ4n) is 2.45. The van der Waals surface area contributed by atoms with Crippen molar-refractivity contribution in [2.75, 3.05) is 18.1 Å². The fourth-order valence-corrected chi connectivity index (χ4v) is 4.03. The van der Waals surface area contributed by atoms with E-state index in [-0.39, 0.29) is 23.3 Å². The molecule has 1 aliphatic rings. The van der Waals surface area contributed by atoms with Gasteiger partial charge in [0.1, 0.15) is 15.4 Å². The number of benzene rings is 1. The Morgan fingerprint density at radius 3 is 2.62 bits per heavy atom. The van der Waals surface area contributed by atoms with Gasteiger partial charge in [-0.3, -0.25) is 4.79 Å². The summed E-state index contributed by atoms with van der Waals surface area (Å²) in [4.78, 5) is 12.2. The Morgan fingerprint density at radius 1 is 1.33 bits per heavy atom. The average molecular weight is 349 g/mol. The minimum atomic E-state index is -2.88. The number of sulfone groups is 1. The summed E-state index contributed by atoms with van der Waals surface area (Å²) in [7, 11) is -2.88. The highest BCUT2D eigenvalue weighted by atomic mass is 32.2. The van der Waals surface area contributed by atoms with Crippen molar-refractivity contribution in [1.82, 2.24) is 5.32 Å². The van der Waals surface area contributed by atoms with E-state index in [9.17, 15) is 18.3 Å². The summed E-state index contributed by atoms with van der Waals surface area (Å²) in [6.07, 6.45) is 1.19. The van der Waals surface area contributed by atoms with Gasteiger partial charge in [0.25, 0.3) is 5.91 Å². The summed E-state index contributed by atoms with van der Waals surface area (Å²) in [5, 5.41) is 12.5. The molecule has 0 unspecified atom stereocenters. The number of aliphatic hydroxyl groups is 1. The normalized spacial score (nSPS) is 17.6. The molecule has 0 saturated carbocycles. The van der Waals surface area contributed by atoms with Gasteiger partial charge in [0.2, 0.25) is 0 Å². The van der Waals surface area contributed by atoms with E-state index in [1.807, 2.05) is 0 Å². The van der Waals surface area contributed by atoms with Crippen molar-refractivity contribution in [3.8, 4) is 11.8 Å². The number of hydrogen-bond acceptors (Lipinski definition) is 4. The average Bonchev–Trinajstić information content (AvgIpc) is 2.51. The van der Waals surface area contributed by atoms with Crippen molar-refractivity contribution >= 4 is 15.7 Å². The van der Waals surface area contributed by atoms with Gasteiger partial charge in [0, 0.05) is 17.7 Å². The predicted octanol–water partition coefficient (Wildman–Crippen LogP) is 1.36. The van der Waals surface area contributed by atoms with Crippen LogP contribution in [0.5, 0.6) is 0 Å². The van der Waals surface area contributed by atoms with Crippen LogP contribution in [0.3, 0.4) is 0 Å². The van der Waals surface area contributed by atoms with Crippen LogP contribution in [-0.4, -0.2) is 43.1 Å². The molecule has 1 saturated heterocycles. The molecular formula is C18H23NO4S. The predicted molar refractivity (Wildman–Crippen MR) is 93.3 cm³/mol. The van der Waals surface area contributed by atoms with E-state index in [1.54, 1.807) is 38.1 Å². The summed E-state index contributed by atoms with van der Waals surface area (Å²) < 4.78 is 22.8. The molecule has 24 heavy (non-hydrogen) atoms. The van der Waals surface area contributed by atoms with Crippen molar-refractivity contribution < 1.29 is 18.3 Å². The molecule has 2 rings (SSSR count). The zero-order chi connectivity index (χ0) is 17.8. The van der Waals surface area contributed by atoms with Gasteiger partial charge in [-0.1, -0.05) is 17.9 Å². The summed E-state index contributed by atoms with van der Waals surface area (Å²) in [6.45, 7) is 3.68. The highest BCUT2D eigenvalue weighted by Crippen LogP contribution is 2.18. The van der Waals surface area contributed by atoms with Crippen molar-refractivity contribution in [1.29, 1.82) is 0 Å². The smallest absolute Gasteiger partial charge is 0.251 e. The third kappa shape index (κ3) is 5.99. The van der Waals surface area contributed by atoms with Gasteiger partial charge in [0.15, 0.2) is 0 Å². The third-order valence-electron chi connectivity index (χ3n) is 3.86. The molecule has 1 fully saturated rings. The van der Waals surface area contributed by atoms with Crippen molar-refractivity contribution in [3.63, 3.8) is 0 Å². The molecule has 6 heteroatoms. The quantitative estimate of drug-likeness (QED) is 0.807. The first kappa shape index (κ1) is 18.5. The van der Waals surface area contributed by atoms with E-state index >= 15 is 0 Å². The molecule has 0 bridgehead atoms. The van der Waals surface area contributed by atoms with Crippen LogP contribution in [0.1, 0.15) is 42.6 Å². The molecule has 0 radical (unpaired) electrons. The van der Waals surface area contributed by atoms with E-state index in [2.05, 4.69) is 17.2 Å². The van der Waals surface area contributed by atoms with Gasteiger partial charge < -0.3 is 10.4 Å². The van der Waals surface area contributed by atoms with Crippen LogP contribution in [0.25, 0.3) is 0 Å². The van der Waals surface area contributed by atoms with Gasteiger partial charge in [-0.15, -0.1) is 0 Å². The molecule has 1 aromatic rings. The fraction of sp³-hybridized carbons (Fsp3) is 0.500. The first-order chi connectivity index (χ1) is 11.1. The lowest BCUT2D eigenvalue weighted by atomic mass is 10.0. The highest BCUT2D eigenvalue weighted by Gasteiger charge is 2.23. The standard InChI is InChI=1S/C18H23NO4S/c1-18(2,21)9-6-14-4-3-5-16(12-14)17(20)19-13-15-7-10-24(22,23)11-8-15/h3-5,12,15,21H,7-8,10-11,13H2,1-2H3,(H,19,20). The number of rotatable bonds is 3. The van der Waals surface area contributed by atoms with Crippen LogP contribution in [-0.2, 0) is 9.84 Å². The van der Waals surface area contributed by atoms with Crippen LogP contribution in [0.2, 0.25) is 0 Å². The van der Waals surface area contributed by atoms with Crippen molar-refractivity contribution in [3.05, 3.63) is 35.4 Å². The second-order valence-corrected chi connectivity index (χ2v) is 9.00. The molecule has 0 aliphatic carbocycles. The Kier molecular flexibility index (Phi) is 5.68. The van der Waals surface area contributed by atoms with Crippen molar-refractivity contribution in [2.45, 2.75) is 32.3 Å². The summed E-state index contributed by atoms with van der Waals surface area (Å²) >= 11 is 0. The maximum atomic E-state index is 12.2. The van der Waals surface area contributed by atoms with E-state index in [0.29, 0.717) is 30.5 Å². The van der Waals surface area contributed by atoms with Gasteiger partial charge in [0.05, 0.1) is 11.5 Å². The molecule has 1 heterocycles. The summed E-state index contributed by atoms with van der Waals surface area (Å²) in [6, 6.07) is 6.91. The number of hydrogen-bond donors (Lipinski definition) is 2. The van der Waals surface area contributed by atoms with Crippen LogP contribution in [0.15, 0.2) is 24.3 Å². The van der Waals surface area contributed by atoms with E-state index < -0.39 is 15.4 Å². The van der Waals surface area contributed by atoms with E-state index in [0.717, 1.165) is 0 Å². The topological polar surface area (TPSA) is 83.5 Å². The van der Waals surface area contributed by atoms with Gasteiger partial charge in [-0.05, 0) is 50.8 Å². The number of amides is 1. The minimum absolute atomic E-state index is 0.199. The minimum Gasteiger partial charge on any atom is -0.378 e. The van der Waals surface area contributed by atoms with E-state index in [4.69, 9.17) is 0 Å². The van der Waals surface area contributed by atoms with Crippen LogP contribution in [0.4, 0.5) is 0 Å². The lowest BCUT2D eigenvalue weighted by Gasteiger charge is -2.22. The van der Waals surface area contributed by atoms with Crippen LogP contribution in [0, 0.1) is 17.8 Å². The van der Waals surface area contributed by atoms with Crippen LogP contribution < -0.4 is 5.32 Å². The summed E-state index contributed by atoms with van der Waals surface area (Å²) in [5.74, 6) is 5.97. The highest BCUT2D eigenvalue weighted by molar-refractivity contribution is 7.91. The Labute approximate surface area is 143 Å². The van der Waals surface area contributed by atoms with Gasteiger partial charge in [-0.25, -0.2) is 8.42 Å². The number of nitrogens with one attached hydrogen (secondary N) is 1. The second-order valence-electron chi connectivity index (χ2n) is 6.70. The summed E-state index contributed by atoms with van der Waals surface area (Å²) in [5.41, 5.74) is 0.0778. The molecule has 2 N–H and O–H groups in total. The third-order valence-corrected chi connectivity index (χ3v) is 5.58. The second kappa shape index (κ2) is 7.37.